The molecule has 2 aliphatic carbocycles. The van der Waals surface area contributed by atoms with Crippen LogP contribution in [0.25, 0.3) is 0 Å². The van der Waals surface area contributed by atoms with E-state index in [1.165, 1.54) is 19.3 Å². The summed E-state index contributed by atoms with van der Waals surface area (Å²) < 4.78 is 19.2. The lowest BCUT2D eigenvalue weighted by Gasteiger charge is -2.40. The number of guanidine groups is 1. The molecule has 1 aromatic rings. The van der Waals surface area contributed by atoms with Gasteiger partial charge in [0.1, 0.15) is 5.82 Å². The monoisotopic (exact) mass is 475 g/mol. The quantitative estimate of drug-likeness (QED) is 0.339. The van der Waals surface area contributed by atoms with Crippen LogP contribution in [0.3, 0.4) is 0 Å². The zero-order valence-corrected chi connectivity index (χ0v) is 18.1. The van der Waals surface area contributed by atoms with Gasteiger partial charge in [0.15, 0.2) is 5.96 Å². The van der Waals surface area contributed by atoms with Gasteiger partial charge in [-0.2, -0.15) is 0 Å². The maximum absolute atomic E-state index is 13.9. The van der Waals surface area contributed by atoms with E-state index in [0.717, 1.165) is 44.1 Å². The van der Waals surface area contributed by atoms with Gasteiger partial charge in [0.05, 0.1) is 0 Å². The summed E-state index contributed by atoms with van der Waals surface area (Å²) in [5.74, 6) is 0.998. The highest BCUT2D eigenvalue weighted by Crippen LogP contribution is 2.44. The fourth-order valence-electron chi connectivity index (χ4n) is 3.70. The molecule has 0 bridgehead atoms. The summed E-state index contributed by atoms with van der Waals surface area (Å²) in [6, 6.07) is 7.35. The Labute approximate surface area is 173 Å². The third-order valence-electron chi connectivity index (χ3n) is 5.58. The fraction of sp³-hybridized carbons (Fsp3) is 0.650. The number of nitrogens with zero attached hydrogens (tertiary/aromatic N) is 1. The van der Waals surface area contributed by atoms with Crippen LogP contribution in [0.4, 0.5) is 4.39 Å². The first-order valence-electron chi connectivity index (χ1n) is 9.46. The van der Waals surface area contributed by atoms with Crippen molar-refractivity contribution < 1.29 is 9.13 Å². The third-order valence-corrected chi connectivity index (χ3v) is 5.58. The van der Waals surface area contributed by atoms with Crippen LogP contribution in [0.15, 0.2) is 29.3 Å². The van der Waals surface area contributed by atoms with Gasteiger partial charge in [-0.1, -0.05) is 24.6 Å². The molecule has 0 aliphatic heterocycles. The molecule has 0 saturated heterocycles. The van der Waals surface area contributed by atoms with Crippen molar-refractivity contribution in [3.8, 4) is 0 Å². The molecule has 6 heteroatoms. The average Bonchev–Trinajstić information content (AvgIpc) is 3.33. The zero-order valence-electron chi connectivity index (χ0n) is 15.8. The summed E-state index contributed by atoms with van der Waals surface area (Å²) in [7, 11) is 1.76. The van der Waals surface area contributed by atoms with Crippen molar-refractivity contribution in [2.24, 2.45) is 10.4 Å². The Kier molecular flexibility index (Phi) is 8.13. The van der Waals surface area contributed by atoms with Crippen LogP contribution in [0.1, 0.15) is 50.5 Å². The molecule has 3 rings (SSSR count). The van der Waals surface area contributed by atoms with Gasteiger partial charge in [0.2, 0.25) is 0 Å². The molecule has 0 amide bonds. The van der Waals surface area contributed by atoms with Crippen LogP contribution in [-0.4, -0.2) is 38.8 Å². The molecular formula is C20H31FIN3O. The summed E-state index contributed by atoms with van der Waals surface area (Å²) in [5.41, 5.74) is 1.12. The number of hydrogen-bond donors (Lipinski definition) is 2. The summed E-state index contributed by atoms with van der Waals surface area (Å²) in [6.07, 6.45) is 5.80. The van der Waals surface area contributed by atoms with Gasteiger partial charge < -0.3 is 15.4 Å². The van der Waals surface area contributed by atoms with Crippen molar-refractivity contribution in [1.82, 2.24) is 10.6 Å². The summed E-state index contributed by atoms with van der Waals surface area (Å²) in [6.45, 7) is 4.54. The summed E-state index contributed by atoms with van der Waals surface area (Å²) in [5, 5.41) is 6.82. The van der Waals surface area contributed by atoms with E-state index in [9.17, 15) is 4.39 Å². The lowest BCUT2D eigenvalue weighted by Crippen LogP contribution is -2.41. The van der Waals surface area contributed by atoms with Crippen molar-refractivity contribution in [3.63, 3.8) is 0 Å². The number of ether oxygens (including phenoxy) is 1. The largest absolute Gasteiger partial charge is 0.385 e. The highest BCUT2D eigenvalue weighted by atomic mass is 127. The number of nitrogens with one attached hydrogen (secondary N) is 2. The van der Waals surface area contributed by atoms with Crippen molar-refractivity contribution >= 4 is 29.9 Å². The van der Waals surface area contributed by atoms with Crippen molar-refractivity contribution in [3.05, 3.63) is 35.6 Å². The minimum absolute atomic E-state index is 0. The van der Waals surface area contributed by atoms with E-state index in [1.54, 1.807) is 19.2 Å². The molecule has 0 spiro atoms. The van der Waals surface area contributed by atoms with E-state index in [1.807, 2.05) is 12.1 Å². The van der Waals surface area contributed by atoms with Crippen LogP contribution in [0, 0.1) is 11.2 Å². The number of benzene rings is 1. The predicted octanol–water partition coefficient (Wildman–Crippen LogP) is 4.06. The molecule has 0 heterocycles. The van der Waals surface area contributed by atoms with Gasteiger partial charge in [-0.15, -0.1) is 24.0 Å². The summed E-state index contributed by atoms with van der Waals surface area (Å²) >= 11 is 0. The van der Waals surface area contributed by atoms with Crippen LogP contribution in [0.5, 0.6) is 0 Å². The molecule has 26 heavy (non-hydrogen) atoms. The van der Waals surface area contributed by atoms with E-state index < -0.39 is 0 Å². The molecule has 146 valence electrons. The predicted molar refractivity (Wildman–Crippen MR) is 115 cm³/mol. The van der Waals surface area contributed by atoms with Gasteiger partial charge in [-0.3, -0.25) is 4.99 Å². The number of methoxy groups -OCH3 is 1. The van der Waals surface area contributed by atoms with Crippen LogP contribution >= 0.6 is 24.0 Å². The third kappa shape index (κ3) is 5.31. The molecule has 2 fully saturated rings. The van der Waals surface area contributed by atoms with E-state index in [2.05, 4.69) is 17.6 Å². The second kappa shape index (κ2) is 9.88. The molecule has 0 aromatic heterocycles. The first-order chi connectivity index (χ1) is 12.2. The topological polar surface area (TPSA) is 45.7 Å². The Bertz CT molecular complexity index is 606. The highest BCUT2D eigenvalue weighted by molar-refractivity contribution is 14.0. The maximum Gasteiger partial charge on any atom is 0.191 e. The van der Waals surface area contributed by atoms with E-state index in [0.29, 0.717) is 5.41 Å². The standard InChI is InChI=1S/C20H30FN3O.HI/c1-3-22-19(23-14-20(9-6-10-20)11-12-25-2)24-18-13-16(18)15-7-4-5-8-17(15)21;/h4-5,7-8,16,18H,3,6,9-14H2,1-2H3,(H2,22,23,24);1H. The van der Waals surface area contributed by atoms with Crippen LogP contribution < -0.4 is 10.6 Å². The lowest BCUT2D eigenvalue weighted by atomic mass is 9.67. The fourth-order valence-corrected chi connectivity index (χ4v) is 3.70. The Hall–Kier alpha value is -0.890. The normalized spacial score (nSPS) is 23.6. The number of rotatable bonds is 8. The van der Waals surface area contributed by atoms with Gasteiger partial charge in [-0.05, 0) is 49.7 Å². The highest BCUT2D eigenvalue weighted by Gasteiger charge is 2.41. The first-order valence-corrected chi connectivity index (χ1v) is 9.46. The van der Waals surface area contributed by atoms with Crippen molar-refractivity contribution in [1.29, 1.82) is 0 Å². The van der Waals surface area contributed by atoms with Crippen LogP contribution in [0.2, 0.25) is 0 Å². The van der Waals surface area contributed by atoms with Gasteiger partial charge in [-0.25, -0.2) is 4.39 Å². The Morgan fingerprint density at radius 1 is 1.35 bits per heavy atom. The van der Waals surface area contributed by atoms with E-state index in [-0.39, 0.29) is 41.8 Å². The molecule has 2 unspecified atom stereocenters. The number of halogens is 2. The number of aliphatic imine (C=N–C) groups is 1. The Morgan fingerprint density at radius 2 is 2.12 bits per heavy atom. The van der Waals surface area contributed by atoms with Crippen molar-refractivity contribution in [2.45, 2.75) is 51.0 Å². The van der Waals surface area contributed by atoms with Gasteiger partial charge >= 0.3 is 0 Å². The Balaban J connectivity index is 0.00000243. The van der Waals surface area contributed by atoms with E-state index >= 15 is 0 Å². The SMILES string of the molecule is CCNC(=NCC1(CCOC)CCC1)NC1CC1c1ccccc1F.I. The Morgan fingerprint density at radius 3 is 2.73 bits per heavy atom. The molecule has 2 N–H and O–H groups in total. The van der Waals surface area contributed by atoms with Crippen molar-refractivity contribution in [2.75, 3.05) is 26.8 Å². The average molecular weight is 475 g/mol. The first kappa shape index (κ1) is 21.4. The van der Waals surface area contributed by atoms with Crippen LogP contribution in [-0.2, 0) is 4.74 Å². The molecule has 0 radical (unpaired) electrons. The van der Waals surface area contributed by atoms with Gasteiger partial charge in [0.25, 0.3) is 0 Å². The minimum atomic E-state index is -0.105. The molecule has 2 aliphatic rings. The zero-order chi connectivity index (χ0) is 17.7. The summed E-state index contributed by atoms with van der Waals surface area (Å²) in [4.78, 5) is 4.84. The maximum atomic E-state index is 13.9. The second-order valence-electron chi connectivity index (χ2n) is 7.41. The lowest BCUT2D eigenvalue weighted by molar-refractivity contribution is 0.0778. The minimum Gasteiger partial charge on any atom is -0.385 e. The smallest absolute Gasteiger partial charge is 0.191 e. The molecule has 1 aromatic carbocycles. The van der Waals surface area contributed by atoms with Gasteiger partial charge in [0, 0.05) is 38.8 Å². The molecule has 2 saturated carbocycles. The van der Waals surface area contributed by atoms with E-state index in [4.69, 9.17) is 9.73 Å². The molecule has 4 nitrogen and oxygen atoms in total. The number of hydrogen-bond acceptors (Lipinski definition) is 2. The molecule has 2 atom stereocenters. The molecular weight excluding hydrogens is 444 g/mol. The second-order valence-corrected chi connectivity index (χ2v) is 7.41.